The molecule has 1 N–H and O–H groups in total. The van der Waals surface area contributed by atoms with Crippen molar-refractivity contribution in [1.29, 1.82) is 0 Å². The van der Waals surface area contributed by atoms with E-state index >= 15 is 0 Å². The summed E-state index contributed by atoms with van der Waals surface area (Å²) in [7, 11) is 0. The fourth-order valence-electron chi connectivity index (χ4n) is 1.44. The van der Waals surface area contributed by atoms with Crippen molar-refractivity contribution in [3.8, 4) is 11.6 Å². The average Bonchev–Trinajstić information content (AvgIpc) is 2.37. The van der Waals surface area contributed by atoms with Crippen molar-refractivity contribution in [1.82, 2.24) is 9.97 Å². The van der Waals surface area contributed by atoms with Gasteiger partial charge in [-0.05, 0) is 32.0 Å². The predicted molar refractivity (Wildman–Crippen MR) is 80.2 cm³/mol. The first-order chi connectivity index (χ1) is 9.10. The van der Waals surface area contributed by atoms with Gasteiger partial charge in [-0.25, -0.2) is 4.98 Å². The van der Waals surface area contributed by atoms with Crippen LogP contribution in [0.3, 0.4) is 0 Å². The van der Waals surface area contributed by atoms with Gasteiger partial charge in [0.15, 0.2) is 0 Å². The lowest BCUT2D eigenvalue weighted by atomic mass is 10.3. The second-order valence-corrected chi connectivity index (χ2v) is 5.21. The molecule has 2 rings (SSSR count). The van der Waals surface area contributed by atoms with E-state index in [-0.39, 0.29) is 0 Å². The quantitative estimate of drug-likeness (QED) is 0.893. The molecule has 0 aliphatic heterocycles. The predicted octanol–water partition coefficient (Wildman–Crippen LogP) is 4.43. The van der Waals surface area contributed by atoms with E-state index in [2.05, 4.69) is 31.2 Å². The molecule has 100 valence electrons. The second kappa shape index (κ2) is 6.21. The Labute approximate surface area is 125 Å². The lowest BCUT2D eigenvalue weighted by Crippen LogP contribution is -2.03. The van der Waals surface area contributed by atoms with Gasteiger partial charge in [-0.2, -0.15) is 4.98 Å². The number of anilines is 1. The summed E-state index contributed by atoms with van der Waals surface area (Å²) >= 11 is 9.47. The van der Waals surface area contributed by atoms with Crippen molar-refractivity contribution in [3.63, 3.8) is 0 Å². The maximum Gasteiger partial charge on any atom is 0.227 e. The molecule has 6 heteroatoms. The third kappa shape index (κ3) is 3.58. The van der Waals surface area contributed by atoms with Crippen LogP contribution >= 0.6 is 27.5 Å². The SMILES string of the molecule is CCNc1ncc(C)c(Oc2ccc(Br)cc2Cl)n1. The first kappa shape index (κ1) is 14.1. The summed E-state index contributed by atoms with van der Waals surface area (Å²) in [6.45, 7) is 4.62. The molecule has 0 unspecified atom stereocenters. The van der Waals surface area contributed by atoms with E-state index in [0.29, 0.717) is 22.6 Å². The lowest BCUT2D eigenvalue weighted by Gasteiger charge is -2.10. The standard InChI is InChI=1S/C13H13BrClN3O/c1-3-16-13-17-7-8(2)12(18-13)19-11-5-4-9(14)6-10(11)15/h4-7H,3H2,1-2H3,(H,16,17,18). The Morgan fingerprint density at radius 1 is 1.42 bits per heavy atom. The number of hydrogen-bond donors (Lipinski definition) is 1. The fraction of sp³-hybridized carbons (Fsp3) is 0.231. The number of rotatable bonds is 4. The molecule has 1 heterocycles. The van der Waals surface area contributed by atoms with Crippen LogP contribution < -0.4 is 10.1 Å². The number of nitrogens with one attached hydrogen (secondary N) is 1. The Balaban J connectivity index is 2.29. The van der Waals surface area contributed by atoms with Crippen molar-refractivity contribution >= 4 is 33.5 Å². The molecule has 4 nitrogen and oxygen atoms in total. The minimum atomic E-state index is 0.496. The molecule has 0 aliphatic carbocycles. The van der Waals surface area contributed by atoms with Crippen molar-refractivity contribution < 1.29 is 4.74 Å². The van der Waals surface area contributed by atoms with E-state index in [1.807, 2.05) is 19.9 Å². The van der Waals surface area contributed by atoms with Crippen molar-refractivity contribution in [3.05, 3.63) is 39.5 Å². The Morgan fingerprint density at radius 3 is 2.89 bits per heavy atom. The van der Waals surface area contributed by atoms with Gasteiger partial charge in [-0.3, -0.25) is 0 Å². The van der Waals surface area contributed by atoms with E-state index in [1.165, 1.54) is 0 Å². The maximum absolute atomic E-state index is 6.12. The first-order valence-electron chi connectivity index (χ1n) is 5.80. The van der Waals surface area contributed by atoms with Crippen LogP contribution in [0.4, 0.5) is 5.95 Å². The summed E-state index contributed by atoms with van der Waals surface area (Å²) in [6.07, 6.45) is 1.72. The number of ether oxygens (including phenoxy) is 1. The highest BCUT2D eigenvalue weighted by Gasteiger charge is 2.09. The lowest BCUT2D eigenvalue weighted by molar-refractivity contribution is 0.458. The summed E-state index contributed by atoms with van der Waals surface area (Å²) in [5.41, 5.74) is 0.848. The molecule has 0 spiro atoms. The minimum Gasteiger partial charge on any atom is -0.437 e. The van der Waals surface area contributed by atoms with Crippen LogP contribution in [0, 0.1) is 6.92 Å². The molecular weight excluding hydrogens is 330 g/mol. The highest BCUT2D eigenvalue weighted by molar-refractivity contribution is 9.10. The summed E-state index contributed by atoms with van der Waals surface area (Å²) in [5.74, 6) is 1.60. The third-order valence-corrected chi connectivity index (χ3v) is 3.15. The average molecular weight is 343 g/mol. The Morgan fingerprint density at radius 2 is 2.21 bits per heavy atom. The van der Waals surface area contributed by atoms with Crippen LogP contribution in [-0.4, -0.2) is 16.5 Å². The van der Waals surface area contributed by atoms with Crippen molar-refractivity contribution in [2.45, 2.75) is 13.8 Å². The van der Waals surface area contributed by atoms with Gasteiger partial charge in [0.25, 0.3) is 0 Å². The van der Waals surface area contributed by atoms with Crippen molar-refractivity contribution in [2.75, 3.05) is 11.9 Å². The number of aromatic nitrogens is 2. The second-order valence-electron chi connectivity index (χ2n) is 3.89. The molecule has 0 atom stereocenters. The van der Waals surface area contributed by atoms with Crippen LogP contribution in [0.15, 0.2) is 28.9 Å². The Bertz CT molecular complexity index is 592. The normalized spacial score (nSPS) is 10.3. The topological polar surface area (TPSA) is 47.0 Å². The zero-order valence-electron chi connectivity index (χ0n) is 10.6. The van der Waals surface area contributed by atoms with Crippen LogP contribution in [0.25, 0.3) is 0 Å². The van der Waals surface area contributed by atoms with Crippen LogP contribution in [0.5, 0.6) is 11.6 Å². The molecule has 0 saturated heterocycles. The molecular formula is C13H13BrClN3O. The van der Waals surface area contributed by atoms with Gasteiger partial charge in [0.2, 0.25) is 11.8 Å². The molecule has 0 fully saturated rings. The number of nitrogens with zero attached hydrogens (tertiary/aromatic N) is 2. The monoisotopic (exact) mass is 341 g/mol. The Kier molecular flexibility index (Phi) is 4.61. The van der Waals surface area contributed by atoms with Crippen LogP contribution in [0.1, 0.15) is 12.5 Å². The number of benzene rings is 1. The molecule has 0 radical (unpaired) electrons. The van der Waals surface area contributed by atoms with E-state index in [1.54, 1.807) is 18.3 Å². The van der Waals surface area contributed by atoms with Gasteiger partial charge in [0.05, 0.1) is 5.02 Å². The smallest absolute Gasteiger partial charge is 0.227 e. The molecule has 0 bridgehead atoms. The van der Waals surface area contributed by atoms with Gasteiger partial charge in [-0.1, -0.05) is 27.5 Å². The van der Waals surface area contributed by atoms with E-state index in [4.69, 9.17) is 16.3 Å². The van der Waals surface area contributed by atoms with Gasteiger partial charge in [-0.15, -0.1) is 0 Å². The third-order valence-electron chi connectivity index (χ3n) is 2.36. The molecule has 0 amide bonds. The summed E-state index contributed by atoms with van der Waals surface area (Å²) in [5, 5.41) is 3.57. The summed E-state index contributed by atoms with van der Waals surface area (Å²) in [4.78, 5) is 8.47. The minimum absolute atomic E-state index is 0.496. The molecule has 0 aliphatic rings. The number of aryl methyl sites for hydroxylation is 1. The van der Waals surface area contributed by atoms with Gasteiger partial charge in [0, 0.05) is 22.8 Å². The molecule has 1 aromatic heterocycles. The first-order valence-corrected chi connectivity index (χ1v) is 6.97. The highest BCUT2D eigenvalue weighted by atomic mass is 79.9. The summed E-state index contributed by atoms with van der Waals surface area (Å²) < 4.78 is 6.64. The van der Waals surface area contributed by atoms with Gasteiger partial charge < -0.3 is 10.1 Å². The number of hydrogen-bond acceptors (Lipinski definition) is 4. The maximum atomic E-state index is 6.12. The zero-order valence-corrected chi connectivity index (χ0v) is 12.9. The van der Waals surface area contributed by atoms with Crippen molar-refractivity contribution in [2.24, 2.45) is 0 Å². The molecule has 1 aromatic carbocycles. The van der Waals surface area contributed by atoms with E-state index in [9.17, 15) is 0 Å². The zero-order chi connectivity index (χ0) is 13.8. The van der Waals surface area contributed by atoms with E-state index < -0.39 is 0 Å². The van der Waals surface area contributed by atoms with E-state index in [0.717, 1.165) is 16.6 Å². The summed E-state index contributed by atoms with van der Waals surface area (Å²) in [6, 6.07) is 5.43. The van der Waals surface area contributed by atoms with Crippen LogP contribution in [0.2, 0.25) is 5.02 Å². The van der Waals surface area contributed by atoms with Gasteiger partial charge >= 0.3 is 0 Å². The van der Waals surface area contributed by atoms with Crippen LogP contribution in [-0.2, 0) is 0 Å². The highest BCUT2D eigenvalue weighted by Crippen LogP contribution is 2.32. The molecule has 2 aromatic rings. The fourth-order valence-corrected chi connectivity index (χ4v) is 2.15. The molecule has 19 heavy (non-hydrogen) atoms. The number of halogens is 2. The molecule has 0 saturated carbocycles. The largest absolute Gasteiger partial charge is 0.437 e. The van der Waals surface area contributed by atoms with Gasteiger partial charge in [0.1, 0.15) is 5.75 Å². The Hall–Kier alpha value is -1.33.